The van der Waals surface area contributed by atoms with E-state index in [1.807, 2.05) is 32.0 Å². The molecule has 3 aliphatic rings. The minimum absolute atomic E-state index is 0.0160. The van der Waals surface area contributed by atoms with Gasteiger partial charge in [-0.05, 0) is 105 Å². The Kier molecular flexibility index (Phi) is 9.00. The lowest BCUT2D eigenvalue weighted by molar-refractivity contribution is -0.128. The second-order valence-corrected chi connectivity index (χ2v) is 14.9. The molecule has 5 atom stereocenters. The Balaban J connectivity index is 1.54. The summed E-state index contributed by atoms with van der Waals surface area (Å²) >= 11 is 6.30. The van der Waals surface area contributed by atoms with Crippen molar-refractivity contribution >= 4 is 39.0 Å². The first-order chi connectivity index (χ1) is 19.5. The highest BCUT2D eigenvalue weighted by atomic mass is 35.5. The van der Waals surface area contributed by atoms with Gasteiger partial charge in [0.2, 0.25) is 10.0 Å². The largest absolute Gasteiger partial charge is 0.487 e. The van der Waals surface area contributed by atoms with Gasteiger partial charge in [-0.1, -0.05) is 31.5 Å². The third-order valence-electron chi connectivity index (χ3n) is 9.37. The number of Topliss-reactive ketones (excluding diaryl/α,β-unsaturated/α-hetero) is 1. The van der Waals surface area contributed by atoms with Crippen molar-refractivity contribution in [2.75, 3.05) is 18.0 Å². The molecule has 0 saturated heterocycles. The maximum Gasteiger partial charge on any atom is 0.264 e. The molecule has 5 rings (SSSR count). The predicted octanol–water partition coefficient (Wildman–Crippen LogP) is 6.17. The van der Waals surface area contributed by atoms with E-state index in [0.717, 1.165) is 49.9 Å². The minimum atomic E-state index is -3.92. The fraction of sp³-hybridized carbons (Fsp3) is 0.562. The van der Waals surface area contributed by atoms with Crippen LogP contribution in [0.1, 0.15) is 80.8 Å². The van der Waals surface area contributed by atoms with Crippen molar-refractivity contribution in [1.82, 2.24) is 4.72 Å². The first kappa shape index (κ1) is 29.9. The lowest BCUT2D eigenvalue weighted by atomic mass is 9.69. The zero-order valence-corrected chi connectivity index (χ0v) is 25.8. The van der Waals surface area contributed by atoms with E-state index in [1.165, 1.54) is 5.56 Å². The van der Waals surface area contributed by atoms with E-state index in [4.69, 9.17) is 16.3 Å². The number of nitrogens with zero attached hydrogens (tertiary/aromatic N) is 1. The van der Waals surface area contributed by atoms with Gasteiger partial charge in [-0.3, -0.25) is 9.59 Å². The van der Waals surface area contributed by atoms with Gasteiger partial charge >= 0.3 is 0 Å². The molecule has 9 heteroatoms. The zero-order chi connectivity index (χ0) is 29.3. The molecule has 1 saturated carbocycles. The highest BCUT2D eigenvalue weighted by molar-refractivity contribution is 7.90. The number of ether oxygens (including phenoxy) is 1. The molecule has 2 heterocycles. The smallest absolute Gasteiger partial charge is 0.264 e. The van der Waals surface area contributed by atoms with Gasteiger partial charge < -0.3 is 9.64 Å². The highest BCUT2D eigenvalue weighted by Crippen LogP contribution is 2.40. The third kappa shape index (κ3) is 6.75. The summed E-state index contributed by atoms with van der Waals surface area (Å²) in [4.78, 5) is 28.9. The van der Waals surface area contributed by atoms with E-state index in [0.29, 0.717) is 36.8 Å². The molecule has 0 spiro atoms. The molecule has 0 radical (unpaired) electrons. The van der Waals surface area contributed by atoms with E-state index in [9.17, 15) is 18.0 Å². The Labute approximate surface area is 249 Å². The predicted molar refractivity (Wildman–Crippen MR) is 162 cm³/mol. The molecular weight excluding hydrogens is 560 g/mol. The summed E-state index contributed by atoms with van der Waals surface area (Å²) in [6, 6.07) is 11.0. The summed E-state index contributed by atoms with van der Waals surface area (Å²) in [6.07, 6.45) is 5.70. The van der Waals surface area contributed by atoms with Crippen LogP contribution in [0.25, 0.3) is 0 Å². The van der Waals surface area contributed by atoms with Crippen LogP contribution in [0.15, 0.2) is 36.4 Å². The summed E-state index contributed by atoms with van der Waals surface area (Å²) in [7, 11) is -3.92. The number of hydrogen-bond acceptors (Lipinski definition) is 6. The Morgan fingerprint density at radius 3 is 2.56 bits per heavy atom. The maximum atomic E-state index is 13.4. The van der Waals surface area contributed by atoms with Gasteiger partial charge in [0.1, 0.15) is 18.1 Å². The monoisotopic (exact) mass is 600 g/mol. The number of benzene rings is 2. The second kappa shape index (κ2) is 12.3. The van der Waals surface area contributed by atoms with Gasteiger partial charge in [-0.15, -0.1) is 0 Å². The SMILES string of the molecule is C[C@H]1CC(=O)[C@@H]2CC[C@H]2CN2CCCCc3cc(Cl)ccc3COc3ccc(cc32)C(=O)NS(=O)(=O)[C@H](C)[C@@H](C)C1. The van der Waals surface area contributed by atoms with Crippen LogP contribution >= 0.6 is 11.6 Å². The average Bonchev–Trinajstić information content (AvgIpc) is 2.92. The first-order valence-electron chi connectivity index (χ1n) is 14.9. The molecule has 1 fully saturated rings. The van der Waals surface area contributed by atoms with Crippen LogP contribution in [0.2, 0.25) is 5.02 Å². The second-order valence-electron chi connectivity index (χ2n) is 12.4. The summed E-state index contributed by atoms with van der Waals surface area (Å²) in [6.45, 7) is 7.32. The Morgan fingerprint density at radius 2 is 1.80 bits per heavy atom. The number of sulfonamides is 1. The summed E-state index contributed by atoms with van der Waals surface area (Å²) in [5, 5.41) is -0.0731. The molecule has 0 aromatic heterocycles. The van der Waals surface area contributed by atoms with Crippen molar-refractivity contribution in [3.63, 3.8) is 0 Å². The summed E-state index contributed by atoms with van der Waals surface area (Å²) in [5.74, 6) is 0.396. The topological polar surface area (TPSA) is 92.8 Å². The standard InChI is InChI=1S/C32H41ClN2O5S/c1-20-14-21(2)22(3)41(38,39)34-32(37)24-9-12-31-29(17-24)35(18-25-8-11-28(25)30(36)15-20)13-5-4-6-23-16-27(33)10-7-26(23)19-40-31/h7,9-10,12,16-17,20-22,25,28H,4-6,8,11,13-15,18-19H2,1-3H3,(H,34,37)/t20-,21+,22-,25+,28-/m1/s1. The van der Waals surface area contributed by atoms with Gasteiger partial charge in [0.25, 0.3) is 5.91 Å². The molecular formula is C32H41ClN2O5S. The number of aryl methyl sites for hydroxylation is 1. The molecule has 2 aromatic rings. The van der Waals surface area contributed by atoms with Crippen LogP contribution in [-0.4, -0.2) is 38.4 Å². The van der Waals surface area contributed by atoms with Crippen LogP contribution in [-0.2, 0) is 27.8 Å². The van der Waals surface area contributed by atoms with Gasteiger partial charge in [0.05, 0.1) is 10.9 Å². The molecule has 7 nitrogen and oxygen atoms in total. The molecule has 1 N–H and O–H groups in total. The van der Waals surface area contributed by atoms with Crippen molar-refractivity contribution < 1.29 is 22.7 Å². The van der Waals surface area contributed by atoms with Gasteiger partial charge in [-0.25, -0.2) is 13.1 Å². The number of carbonyl (C=O) groups excluding carboxylic acids is 2. The zero-order valence-electron chi connectivity index (χ0n) is 24.2. The lowest BCUT2D eigenvalue weighted by Gasteiger charge is -2.40. The van der Waals surface area contributed by atoms with Crippen LogP contribution < -0.4 is 14.4 Å². The molecule has 0 unspecified atom stereocenters. The molecule has 2 bridgehead atoms. The van der Waals surface area contributed by atoms with E-state index in [1.54, 1.807) is 25.1 Å². The summed E-state index contributed by atoms with van der Waals surface area (Å²) < 4.78 is 35.1. The Bertz CT molecular complexity index is 1410. The van der Waals surface area contributed by atoms with Crippen molar-refractivity contribution in [1.29, 1.82) is 0 Å². The molecule has 222 valence electrons. The van der Waals surface area contributed by atoms with Crippen molar-refractivity contribution in [3.8, 4) is 5.75 Å². The third-order valence-corrected chi connectivity index (χ3v) is 11.5. The van der Waals surface area contributed by atoms with Crippen molar-refractivity contribution in [3.05, 3.63) is 58.1 Å². The molecule has 1 amide bonds. The first-order valence-corrected chi connectivity index (χ1v) is 16.8. The van der Waals surface area contributed by atoms with Gasteiger partial charge in [0.15, 0.2) is 0 Å². The van der Waals surface area contributed by atoms with E-state index in [-0.39, 0.29) is 35.0 Å². The van der Waals surface area contributed by atoms with Gasteiger partial charge in [0, 0.05) is 36.0 Å². The van der Waals surface area contributed by atoms with Crippen molar-refractivity contribution in [2.45, 2.75) is 77.6 Å². The molecule has 2 aliphatic heterocycles. The number of carbonyl (C=O) groups is 2. The van der Waals surface area contributed by atoms with E-state index < -0.39 is 21.2 Å². The summed E-state index contributed by atoms with van der Waals surface area (Å²) in [5.41, 5.74) is 3.26. The van der Waals surface area contributed by atoms with Crippen molar-refractivity contribution in [2.24, 2.45) is 23.7 Å². The normalized spacial score (nSPS) is 29.1. The highest BCUT2D eigenvalue weighted by Gasteiger charge is 2.39. The van der Waals surface area contributed by atoms with Crippen LogP contribution in [0.4, 0.5) is 5.69 Å². The number of anilines is 1. The number of fused-ring (bicyclic) bond motifs is 3. The number of hydrogen-bond donors (Lipinski definition) is 1. The molecule has 1 aliphatic carbocycles. The molecule has 41 heavy (non-hydrogen) atoms. The number of halogens is 1. The van der Waals surface area contributed by atoms with E-state index >= 15 is 0 Å². The van der Waals surface area contributed by atoms with Gasteiger partial charge in [-0.2, -0.15) is 0 Å². The fourth-order valence-corrected chi connectivity index (χ4v) is 8.05. The Morgan fingerprint density at radius 1 is 1.00 bits per heavy atom. The number of rotatable bonds is 0. The van der Waals surface area contributed by atoms with Crippen LogP contribution in [0, 0.1) is 23.7 Å². The quantitative estimate of drug-likeness (QED) is 0.389. The Hall–Kier alpha value is -2.58. The number of amides is 1. The lowest BCUT2D eigenvalue weighted by Crippen LogP contribution is -2.43. The van der Waals surface area contributed by atoms with Crippen LogP contribution in [0.3, 0.4) is 0 Å². The number of nitrogens with one attached hydrogen (secondary N) is 1. The van der Waals surface area contributed by atoms with E-state index in [2.05, 4.69) is 9.62 Å². The average molecular weight is 601 g/mol. The number of ketones is 1. The molecule has 2 aromatic carbocycles. The van der Waals surface area contributed by atoms with Crippen LogP contribution in [0.5, 0.6) is 5.75 Å². The fourth-order valence-electron chi connectivity index (χ4n) is 6.57. The maximum absolute atomic E-state index is 13.4. The minimum Gasteiger partial charge on any atom is -0.487 e.